The first-order valence-electron chi connectivity index (χ1n) is 19.0. The molecule has 8 aromatic carbocycles. The zero-order valence-electron chi connectivity index (χ0n) is 30.9. The summed E-state index contributed by atoms with van der Waals surface area (Å²) in [4.78, 5) is 2.51. The van der Waals surface area contributed by atoms with Crippen molar-refractivity contribution in [2.24, 2.45) is 0 Å². The quantitative estimate of drug-likeness (QED) is 0.176. The molecular formula is C52H39NS. The molecule has 2 aliphatic rings. The van der Waals surface area contributed by atoms with Gasteiger partial charge in [0.1, 0.15) is 0 Å². The third-order valence-corrected chi connectivity index (χ3v) is 13.7. The first-order valence-corrected chi connectivity index (χ1v) is 19.8. The summed E-state index contributed by atoms with van der Waals surface area (Å²) in [7, 11) is 0. The highest BCUT2D eigenvalue weighted by Crippen LogP contribution is 2.56. The van der Waals surface area contributed by atoms with Gasteiger partial charge in [-0.15, -0.1) is 11.3 Å². The van der Waals surface area contributed by atoms with Gasteiger partial charge in [0.2, 0.25) is 0 Å². The molecule has 0 radical (unpaired) electrons. The summed E-state index contributed by atoms with van der Waals surface area (Å²) < 4.78 is 2.69. The Balaban J connectivity index is 1.12. The van der Waals surface area contributed by atoms with Gasteiger partial charge in [0.25, 0.3) is 0 Å². The van der Waals surface area contributed by atoms with Crippen molar-refractivity contribution in [3.63, 3.8) is 0 Å². The molecule has 2 heteroatoms. The van der Waals surface area contributed by atoms with Gasteiger partial charge in [-0.3, -0.25) is 0 Å². The van der Waals surface area contributed by atoms with Crippen LogP contribution >= 0.6 is 11.3 Å². The Morgan fingerprint density at radius 1 is 0.444 bits per heavy atom. The lowest BCUT2D eigenvalue weighted by molar-refractivity contribution is 0.660. The number of hydrogen-bond donors (Lipinski definition) is 0. The largest absolute Gasteiger partial charge is 0.310 e. The van der Waals surface area contributed by atoms with E-state index in [1.54, 1.807) is 0 Å². The number of nitrogens with zero attached hydrogens (tertiary/aromatic N) is 1. The Bertz CT molecular complexity index is 3000. The molecule has 1 heterocycles. The number of rotatable bonds is 4. The van der Waals surface area contributed by atoms with Crippen LogP contribution in [0.4, 0.5) is 17.1 Å². The molecule has 0 spiro atoms. The van der Waals surface area contributed by atoms with Crippen molar-refractivity contribution in [2.45, 2.75) is 38.5 Å². The maximum atomic E-state index is 2.51. The monoisotopic (exact) mass is 709 g/mol. The average molecular weight is 710 g/mol. The Hall–Kier alpha value is -5.96. The lowest BCUT2D eigenvalue weighted by Crippen LogP contribution is -2.17. The summed E-state index contributed by atoms with van der Waals surface area (Å²) in [5.74, 6) is 0. The Morgan fingerprint density at radius 2 is 1.07 bits per heavy atom. The van der Waals surface area contributed by atoms with E-state index >= 15 is 0 Å². The van der Waals surface area contributed by atoms with Crippen LogP contribution in [0.2, 0.25) is 0 Å². The van der Waals surface area contributed by atoms with E-state index in [1.807, 2.05) is 11.3 Å². The van der Waals surface area contributed by atoms with Gasteiger partial charge in [0, 0.05) is 53.3 Å². The molecule has 0 amide bonds. The molecule has 1 nitrogen and oxygen atoms in total. The predicted octanol–water partition coefficient (Wildman–Crippen LogP) is 15.0. The zero-order valence-corrected chi connectivity index (χ0v) is 31.8. The SMILES string of the molecule is CC1(C)c2ccccc2-c2ccc(N(c3ccc(-c4cccc5ccc6c7ccccc7sc6c45)cc3)c3cccc4c3-c3ccccc3C4(C)C)cc21. The molecule has 9 aromatic rings. The molecule has 258 valence electrons. The summed E-state index contributed by atoms with van der Waals surface area (Å²) in [6, 6.07) is 61.4. The van der Waals surface area contributed by atoms with Gasteiger partial charge in [0.05, 0.1) is 5.69 Å². The van der Waals surface area contributed by atoms with Crippen LogP contribution in [0.5, 0.6) is 0 Å². The third-order valence-electron chi connectivity index (χ3n) is 12.5. The van der Waals surface area contributed by atoms with Gasteiger partial charge in [-0.1, -0.05) is 155 Å². The second kappa shape index (κ2) is 11.3. The van der Waals surface area contributed by atoms with Gasteiger partial charge in [-0.05, 0) is 91.9 Å². The minimum atomic E-state index is -0.100. The zero-order chi connectivity index (χ0) is 36.3. The lowest BCUT2D eigenvalue weighted by atomic mass is 9.82. The molecule has 11 rings (SSSR count). The van der Waals surface area contributed by atoms with Crippen LogP contribution in [0.15, 0.2) is 164 Å². The highest BCUT2D eigenvalue weighted by Gasteiger charge is 2.39. The van der Waals surface area contributed by atoms with Gasteiger partial charge in [0.15, 0.2) is 0 Å². The molecule has 0 unspecified atom stereocenters. The number of benzene rings is 8. The van der Waals surface area contributed by atoms with E-state index in [0.29, 0.717) is 0 Å². The predicted molar refractivity (Wildman–Crippen MR) is 232 cm³/mol. The normalized spacial score (nSPS) is 14.6. The van der Waals surface area contributed by atoms with Crippen LogP contribution in [0.1, 0.15) is 49.9 Å². The number of hydrogen-bond acceptors (Lipinski definition) is 2. The van der Waals surface area contributed by atoms with E-state index in [1.165, 1.54) is 98.0 Å². The van der Waals surface area contributed by atoms with E-state index < -0.39 is 0 Å². The Kier molecular flexibility index (Phi) is 6.59. The molecule has 0 saturated carbocycles. The summed E-state index contributed by atoms with van der Waals surface area (Å²) in [5, 5.41) is 5.28. The van der Waals surface area contributed by atoms with Crippen LogP contribution in [0, 0.1) is 0 Å². The minimum Gasteiger partial charge on any atom is -0.310 e. The molecule has 0 N–H and O–H groups in total. The molecule has 0 atom stereocenters. The highest BCUT2D eigenvalue weighted by molar-refractivity contribution is 7.26. The van der Waals surface area contributed by atoms with Crippen molar-refractivity contribution < 1.29 is 0 Å². The maximum Gasteiger partial charge on any atom is 0.0543 e. The van der Waals surface area contributed by atoms with Crippen molar-refractivity contribution in [3.8, 4) is 33.4 Å². The Morgan fingerprint density at radius 3 is 1.91 bits per heavy atom. The van der Waals surface area contributed by atoms with Gasteiger partial charge < -0.3 is 4.90 Å². The van der Waals surface area contributed by atoms with E-state index in [0.717, 1.165) is 5.69 Å². The average Bonchev–Trinajstić information content (AvgIpc) is 3.78. The van der Waals surface area contributed by atoms with Gasteiger partial charge in [-0.2, -0.15) is 0 Å². The summed E-state index contributed by atoms with van der Waals surface area (Å²) >= 11 is 1.90. The second-order valence-corrected chi connectivity index (χ2v) is 17.1. The summed E-state index contributed by atoms with van der Waals surface area (Å²) in [5.41, 5.74) is 16.7. The van der Waals surface area contributed by atoms with Crippen molar-refractivity contribution in [1.29, 1.82) is 0 Å². The van der Waals surface area contributed by atoms with E-state index in [2.05, 4.69) is 196 Å². The first-order chi connectivity index (χ1) is 26.3. The van der Waals surface area contributed by atoms with Gasteiger partial charge >= 0.3 is 0 Å². The Labute approximate surface area is 320 Å². The van der Waals surface area contributed by atoms with Crippen LogP contribution in [0.25, 0.3) is 64.3 Å². The number of thiophene rings is 1. The van der Waals surface area contributed by atoms with Crippen LogP contribution in [0.3, 0.4) is 0 Å². The van der Waals surface area contributed by atoms with Crippen molar-refractivity contribution >= 4 is 59.3 Å². The smallest absolute Gasteiger partial charge is 0.0543 e. The van der Waals surface area contributed by atoms with E-state index in [-0.39, 0.29) is 10.8 Å². The molecule has 54 heavy (non-hydrogen) atoms. The van der Waals surface area contributed by atoms with Crippen molar-refractivity contribution in [2.75, 3.05) is 4.90 Å². The molecule has 0 aliphatic heterocycles. The van der Waals surface area contributed by atoms with Crippen LogP contribution < -0.4 is 4.90 Å². The van der Waals surface area contributed by atoms with Gasteiger partial charge in [-0.25, -0.2) is 0 Å². The van der Waals surface area contributed by atoms with Crippen molar-refractivity contribution in [1.82, 2.24) is 0 Å². The molecule has 1 aromatic heterocycles. The highest BCUT2D eigenvalue weighted by atomic mass is 32.1. The molecule has 0 saturated heterocycles. The molecule has 0 bridgehead atoms. The molecule has 0 fully saturated rings. The second-order valence-electron chi connectivity index (χ2n) is 16.1. The third kappa shape index (κ3) is 4.32. The minimum absolute atomic E-state index is 0.0919. The summed E-state index contributed by atoms with van der Waals surface area (Å²) in [6.45, 7) is 9.48. The topological polar surface area (TPSA) is 3.24 Å². The van der Waals surface area contributed by atoms with E-state index in [4.69, 9.17) is 0 Å². The molecular weight excluding hydrogens is 671 g/mol. The fourth-order valence-electron chi connectivity index (χ4n) is 9.76. The van der Waals surface area contributed by atoms with Crippen molar-refractivity contribution in [3.05, 3.63) is 186 Å². The number of fused-ring (bicyclic) bond motifs is 11. The lowest BCUT2D eigenvalue weighted by Gasteiger charge is -2.30. The fraction of sp³-hybridized carbons (Fsp3) is 0.115. The maximum absolute atomic E-state index is 2.51. The first kappa shape index (κ1) is 31.6. The molecule has 2 aliphatic carbocycles. The fourth-order valence-corrected chi connectivity index (χ4v) is 11.0. The number of anilines is 3. The standard InChI is InChI=1S/C52H39NS/c1-51(2)43-19-9-6-16-41(43)49-44(51)20-12-21-46(49)53(35-28-30-38-37-14-5-8-18-42(37)52(3,4)45(38)31-35)34-26-23-32(24-27-34)36-17-11-13-33-25-29-40-39-15-7-10-22-47(39)54-50(40)48(33)36/h5-31H,1-4H3. The summed E-state index contributed by atoms with van der Waals surface area (Å²) in [6.07, 6.45) is 0. The van der Waals surface area contributed by atoms with E-state index in [9.17, 15) is 0 Å². The van der Waals surface area contributed by atoms with Crippen LogP contribution in [-0.2, 0) is 10.8 Å². The van der Waals surface area contributed by atoms with Crippen LogP contribution in [-0.4, -0.2) is 0 Å².